The van der Waals surface area contributed by atoms with Crippen molar-refractivity contribution in [1.82, 2.24) is 0 Å². The summed E-state index contributed by atoms with van der Waals surface area (Å²) >= 11 is 0. The first-order valence-electron chi connectivity index (χ1n) is 5.20. The maximum absolute atomic E-state index is 10.2. The highest BCUT2D eigenvalue weighted by atomic mass is 16.3. The lowest BCUT2D eigenvalue weighted by Gasteiger charge is -2.31. The molecule has 0 aliphatic heterocycles. The molecule has 1 saturated carbocycles. The van der Waals surface area contributed by atoms with Gasteiger partial charge in [0, 0.05) is 6.61 Å². The molecule has 0 aromatic heterocycles. The molecular formula is C11H20O2. The molecule has 2 nitrogen and oxygen atoms in total. The van der Waals surface area contributed by atoms with Crippen LogP contribution >= 0.6 is 0 Å². The fraction of sp³-hybridized carbons (Fsp3) is 0.818. The smallest absolute Gasteiger partial charge is 0.0853 e. The van der Waals surface area contributed by atoms with Crippen LogP contribution in [0.3, 0.4) is 0 Å². The van der Waals surface area contributed by atoms with Crippen molar-refractivity contribution >= 4 is 0 Å². The van der Waals surface area contributed by atoms with Crippen LogP contribution in [-0.4, -0.2) is 22.4 Å². The molecule has 0 heterocycles. The van der Waals surface area contributed by atoms with E-state index >= 15 is 0 Å². The van der Waals surface area contributed by atoms with E-state index in [-0.39, 0.29) is 12.5 Å². The Morgan fingerprint density at radius 3 is 2.77 bits per heavy atom. The third kappa shape index (κ3) is 2.55. The highest BCUT2D eigenvalue weighted by molar-refractivity contribution is 5.01. The van der Waals surface area contributed by atoms with E-state index in [0.717, 1.165) is 19.3 Å². The summed E-state index contributed by atoms with van der Waals surface area (Å²) in [5.74, 6) is 0.206. The molecule has 2 N–H and O–H groups in total. The van der Waals surface area contributed by atoms with E-state index in [4.69, 9.17) is 5.11 Å². The molecular weight excluding hydrogens is 164 g/mol. The third-order valence-electron chi connectivity index (χ3n) is 3.17. The summed E-state index contributed by atoms with van der Waals surface area (Å²) in [5, 5.41) is 19.1. The molecule has 0 spiro atoms. The molecule has 0 radical (unpaired) electrons. The maximum atomic E-state index is 10.2. The Labute approximate surface area is 80.3 Å². The molecule has 13 heavy (non-hydrogen) atoms. The van der Waals surface area contributed by atoms with Crippen LogP contribution < -0.4 is 0 Å². The standard InChI is InChI=1S/C11H20O2/c1-2-11(13)8-5-3-4-6-10(11)7-9-12/h2,10,12-13H,1,3-9H2/t10-,11-/m0/s1. The molecule has 0 aromatic rings. The van der Waals surface area contributed by atoms with Gasteiger partial charge in [0.2, 0.25) is 0 Å². The van der Waals surface area contributed by atoms with E-state index in [9.17, 15) is 5.11 Å². The lowest BCUT2D eigenvalue weighted by atomic mass is 9.81. The Hall–Kier alpha value is -0.340. The van der Waals surface area contributed by atoms with Gasteiger partial charge in [0.1, 0.15) is 0 Å². The van der Waals surface area contributed by atoms with Crippen LogP contribution in [0.25, 0.3) is 0 Å². The number of rotatable bonds is 3. The molecule has 1 fully saturated rings. The fourth-order valence-corrected chi connectivity index (χ4v) is 2.25. The predicted octanol–water partition coefficient (Wildman–Crippen LogP) is 1.87. The maximum Gasteiger partial charge on any atom is 0.0853 e. The van der Waals surface area contributed by atoms with Crippen molar-refractivity contribution in [2.75, 3.05) is 6.61 Å². The molecule has 0 unspecified atom stereocenters. The highest BCUT2D eigenvalue weighted by Gasteiger charge is 2.33. The zero-order chi connectivity index (χ0) is 9.73. The van der Waals surface area contributed by atoms with Crippen LogP contribution in [0.1, 0.15) is 38.5 Å². The summed E-state index contributed by atoms with van der Waals surface area (Å²) in [5.41, 5.74) is -0.723. The van der Waals surface area contributed by atoms with Crippen molar-refractivity contribution in [1.29, 1.82) is 0 Å². The zero-order valence-corrected chi connectivity index (χ0v) is 8.21. The van der Waals surface area contributed by atoms with Crippen LogP contribution in [0.5, 0.6) is 0 Å². The molecule has 76 valence electrons. The monoisotopic (exact) mass is 184 g/mol. The minimum atomic E-state index is -0.723. The van der Waals surface area contributed by atoms with Crippen LogP contribution in [0, 0.1) is 5.92 Å². The molecule has 1 aliphatic rings. The van der Waals surface area contributed by atoms with Gasteiger partial charge in [0.05, 0.1) is 5.60 Å². The summed E-state index contributed by atoms with van der Waals surface area (Å²) in [4.78, 5) is 0. The van der Waals surface area contributed by atoms with E-state index < -0.39 is 5.60 Å². The first kappa shape index (κ1) is 10.7. The van der Waals surface area contributed by atoms with Crippen molar-refractivity contribution in [2.45, 2.75) is 44.1 Å². The predicted molar refractivity (Wildman–Crippen MR) is 53.4 cm³/mol. The first-order valence-corrected chi connectivity index (χ1v) is 5.20. The Balaban J connectivity index is 2.66. The molecule has 0 bridgehead atoms. The lowest BCUT2D eigenvalue weighted by molar-refractivity contribution is 0.0110. The van der Waals surface area contributed by atoms with Crippen LogP contribution in [0.15, 0.2) is 12.7 Å². The van der Waals surface area contributed by atoms with Crippen molar-refractivity contribution in [3.63, 3.8) is 0 Å². The van der Waals surface area contributed by atoms with Gasteiger partial charge in [0.25, 0.3) is 0 Å². The zero-order valence-electron chi connectivity index (χ0n) is 8.21. The fourth-order valence-electron chi connectivity index (χ4n) is 2.25. The molecule has 0 amide bonds. The van der Waals surface area contributed by atoms with E-state index in [2.05, 4.69) is 6.58 Å². The molecule has 1 aliphatic carbocycles. The number of hydrogen-bond acceptors (Lipinski definition) is 2. The molecule has 0 aromatic carbocycles. The molecule has 1 rings (SSSR count). The van der Waals surface area contributed by atoms with E-state index in [0.29, 0.717) is 6.42 Å². The number of aliphatic hydroxyl groups is 2. The van der Waals surface area contributed by atoms with Gasteiger partial charge in [-0.25, -0.2) is 0 Å². The van der Waals surface area contributed by atoms with Gasteiger partial charge in [-0.3, -0.25) is 0 Å². The van der Waals surface area contributed by atoms with Gasteiger partial charge in [-0.05, 0) is 25.2 Å². The van der Waals surface area contributed by atoms with E-state index in [1.54, 1.807) is 6.08 Å². The largest absolute Gasteiger partial charge is 0.396 e. The van der Waals surface area contributed by atoms with E-state index in [1.807, 2.05) is 0 Å². The normalized spacial score (nSPS) is 35.4. The molecule has 2 heteroatoms. The van der Waals surface area contributed by atoms with Gasteiger partial charge in [0.15, 0.2) is 0 Å². The second-order valence-corrected chi connectivity index (χ2v) is 4.00. The third-order valence-corrected chi connectivity index (χ3v) is 3.17. The minimum absolute atomic E-state index is 0.167. The van der Waals surface area contributed by atoms with Gasteiger partial charge < -0.3 is 10.2 Å². The van der Waals surface area contributed by atoms with Gasteiger partial charge >= 0.3 is 0 Å². The van der Waals surface area contributed by atoms with Crippen molar-refractivity contribution < 1.29 is 10.2 Å². The highest BCUT2D eigenvalue weighted by Crippen LogP contribution is 2.35. The summed E-state index contributed by atoms with van der Waals surface area (Å²) in [6.45, 7) is 3.87. The second kappa shape index (κ2) is 4.77. The summed E-state index contributed by atoms with van der Waals surface area (Å²) in [6, 6.07) is 0. The van der Waals surface area contributed by atoms with Gasteiger partial charge in [-0.15, -0.1) is 6.58 Å². The molecule has 0 saturated heterocycles. The second-order valence-electron chi connectivity index (χ2n) is 4.00. The number of aliphatic hydroxyl groups excluding tert-OH is 1. The van der Waals surface area contributed by atoms with Gasteiger partial charge in [-0.1, -0.05) is 25.3 Å². The average molecular weight is 184 g/mol. The van der Waals surface area contributed by atoms with E-state index in [1.165, 1.54) is 12.8 Å². The summed E-state index contributed by atoms with van der Waals surface area (Å²) in [7, 11) is 0. The SMILES string of the molecule is C=C[C@]1(O)CCCCC[C@H]1CCO. The van der Waals surface area contributed by atoms with Crippen molar-refractivity contribution in [2.24, 2.45) is 5.92 Å². The Bertz CT molecular complexity index is 167. The van der Waals surface area contributed by atoms with Crippen LogP contribution in [0.4, 0.5) is 0 Å². The average Bonchev–Trinajstić information content (AvgIpc) is 2.31. The Morgan fingerprint density at radius 2 is 2.15 bits per heavy atom. The quantitative estimate of drug-likeness (QED) is 0.519. The van der Waals surface area contributed by atoms with Crippen LogP contribution in [0.2, 0.25) is 0 Å². The van der Waals surface area contributed by atoms with Crippen molar-refractivity contribution in [3.05, 3.63) is 12.7 Å². The van der Waals surface area contributed by atoms with Crippen molar-refractivity contribution in [3.8, 4) is 0 Å². The number of hydrogen-bond donors (Lipinski definition) is 2. The Kier molecular flexibility index (Phi) is 3.94. The summed E-state index contributed by atoms with van der Waals surface area (Å²) in [6.07, 6.45) is 7.62. The van der Waals surface area contributed by atoms with Crippen LogP contribution in [-0.2, 0) is 0 Å². The van der Waals surface area contributed by atoms with Gasteiger partial charge in [-0.2, -0.15) is 0 Å². The topological polar surface area (TPSA) is 40.5 Å². The first-order chi connectivity index (χ1) is 6.23. The molecule has 2 atom stereocenters. The Morgan fingerprint density at radius 1 is 1.38 bits per heavy atom. The minimum Gasteiger partial charge on any atom is -0.396 e. The lowest BCUT2D eigenvalue weighted by Crippen LogP contribution is -2.35. The summed E-state index contributed by atoms with van der Waals surface area (Å²) < 4.78 is 0.